The minimum Gasteiger partial charge on any atom is -0.377 e. The second-order valence-corrected chi connectivity index (χ2v) is 6.45. The minimum absolute atomic E-state index is 0.164. The molecule has 2 heterocycles. The summed E-state index contributed by atoms with van der Waals surface area (Å²) in [5, 5.41) is 3.67. The van der Waals surface area contributed by atoms with Gasteiger partial charge in [-0.15, -0.1) is 0 Å². The largest absolute Gasteiger partial charge is 0.377 e. The molecule has 2 rings (SSSR count). The van der Waals surface area contributed by atoms with E-state index in [-0.39, 0.29) is 11.9 Å². The lowest BCUT2D eigenvalue weighted by molar-refractivity contribution is -0.132. The molecule has 0 aromatic rings. The summed E-state index contributed by atoms with van der Waals surface area (Å²) in [6, 6.07) is -0.164. The first-order chi connectivity index (χ1) is 8.81. The van der Waals surface area contributed by atoms with Gasteiger partial charge in [-0.2, -0.15) is 11.8 Å². The predicted molar refractivity (Wildman–Crippen MR) is 75.0 cm³/mol. The molecule has 18 heavy (non-hydrogen) atoms. The highest BCUT2D eigenvalue weighted by Crippen LogP contribution is 2.25. The first kappa shape index (κ1) is 14.2. The van der Waals surface area contributed by atoms with Gasteiger partial charge in [0, 0.05) is 18.3 Å². The van der Waals surface area contributed by atoms with Gasteiger partial charge < -0.3 is 15.0 Å². The number of carbonyl (C=O) groups is 1. The Balaban J connectivity index is 1.90. The van der Waals surface area contributed by atoms with E-state index in [2.05, 4.69) is 5.32 Å². The monoisotopic (exact) mass is 272 g/mol. The van der Waals surface area contributed by atoms with E-state index in [0.717, 1.165) is 13.1 Å². The summed E-state index contributed by atoms with van der Waals surface area (Å²) in [4.78, 5) is 14.3. The Morgan fingerprint density at radius 1 is 1.44 bits per heavy atom. The minimum atomic E-state index is -0.164. The van der Waals surface area contributed by atoms with Crippen molar-refractivity contribution < 1.29 is 9.53 Å². The molecule has 1 amide bonds. The van der Waals surface area contributed by atoms with E-state index in [1.807, 2.05) is 23.7 Å². The average Bonchev–Trinajstić information content (AvgIpc) is 2.73. The van der Waals surface area contributed by atoms with Crippen LogP contribution in [-0.4, -0.2) is 61.2 Å². The summed E-state index contributed by atoms with van der Waals surface area (Å²) in [5.41, 5.74) is 0. The van der Waals surface area contributed by atoms with Crippen molar-refractivity contribution in [2.45, 2.75) is 37.0 Å². The molecule has 2 atom stereocenters. The molecular formula is C13H24N2O2S. The van der Waals surface area contributed by atoms with Gasteiger partial charge in [-0.05, 0) is 25.6 Å². The predicted octanol–water partition coefficient (Wildman–Crippen LogP) is 1.11. The number of hydrogen-bond acceptors (Lipinski definition) is 4. The van der Waals surface area contributed by atoms with Gasteiger partial charge in [-0.3, -0.25) is 4.79 Å². The Kier molecular flexibility index (Phi) is 5.79. The van der Waals surface area contributed by atoms with Crippen molar-refractivity contribution in [2.24, 2.45) is 0 Å². The van der Waals surface area contributed by atoms with Crippen molar-refractivity contribution >= 4 is 17.7 Å². The van der Waals surface area contributed by atoms with Crippen molar-refractivity contribution in [3.8, 4) is 0 Å². The van der Waals surface area contributed by atoms with Crippen molar-refractivity contribution in [2.75, 3.05) is 39.1 Å². The Hall–Kier alpha value is -0.260. The van der Waals surface area contributed by atoms with E-state index in [0.29, 0.717) is 18.5 Å². The maximum Gasteiger partial charge on any atom is 0.242 e. The van der Waals surface area contributed by atoms with E-state index in [9.17, 15) is 4.79 Å². The lowest BCUT2D eigenvalue weighted by atomic mass is 10.1. The van der Waals surface area contributed by atoms with Crippen LogP contribution in [0.4, 0.5) is 0 Å². The zero-order valence-electron chi connectivity index (χ0n) is 11.2. The number of nitrogens with zero attached hydrogens (tertiary/aromatic N) is 1. The molecule has 0 aromatic heterocycles. The molecule has 0 bridgehead atoms. The van der Waals surface area contributed by atoms with Crippen LogP contribution in [0.1, 0.15) is 25.7 Å². The molecule has 0 radical (unpaired) electrons. The summed E-state index contributed by atoms with van der Waals surface area (Å²) < 4.78 is 5.48. The van der Waals surface area contributed by atoms with E-state index in [1.165, 1.54) is 31.4 Å². The quantitative estimate of drug-likeness (QED) is 0.835. The van der Waals surface area contributed by atoms with Crippen LogP contribution in [0.5, 0.6) is 0 Å². The van der Waals surface area contributed by atoms with Crippen LogP contribution in [0.2, 0.25) is 0 Å². The number of rotatable bonds is 3. The second-order valence-electron chi connectivity index (χ2n) is 5.04. The molecule has 104 valence electrons. The average molecular weight is 272 g/mol. The highest BCUT2D eigenvalue weighted by molar-refractivity contribution is 7.99. The topological polar surface area (TPSA) is 41.6 Å². The standard InChI is InChI=1S/C13H24N2O2S/c1-14-12-10-17-7-6-15(13(12)16)9-11-5-3-2-4-8-18-11/h11-12,14H,2-10H2,1H3. The Labute approximate surface area is 114 Å². The van der Waals surface area contributed by atoms with Gasteiger partial charge >= 0.3 is 0 Å². The van der Waals surface area contributed by atoms with Gasteiger partial charge in [-0.1, -0.05) is 12.8 Å². The number of hydrogen-bond donors (Lipinski definition) is 1. The summed E-state index contributed by atoms with van der Waals surface area (Å²) in [6.45, 7) is 2.81. The Bertz CT molecular complexity index is 268. The highest BCUT2D eigenvalue weighted by Gasteiger charge is 2.28. The van der Waals surface area contributed by atoms with Crippen LogP contribution in [0, 0.1) is 0 Å². The first-order valence-electron chi connectivity index (χ1n) is 6.96. The number of carbonyl (C=O) groups excluding carboxylic acids is 1. The number of ether oxygens (including phenoxy) is 1. The normalized spacial score (nSPS) is 30.9. The fourth-order valence-corrected chi connectivity index (χ4v) is 3.86. The lowest BCUT2D eigenvalue weighted by Gasteiger charge is -2.27. The highest BCUT2D eigenvalue weighted by atomic mass is 32.2. The Morgan fingerprint density at radius 2 is 2.33 bits per heavy atom. The molecule has 0 aliphatic carbocycles. The molecule has 0 aromatic carbocycles. The van der Waals surface area contributed by atoms with Gasteiger partial charge in [0.2, 0.25) is 5.91 Å². The fourth-order valence-electron chi connectivity index (χ4n) is 2.54. The summed E-state index contributed by atoms with van der Waals surface area (Å²) in [6.07, 6.45) is 5.24. The molecule has 5 heteroatoms. The third-order valence-corrected chi connectivity index (χ3v) is 5.08. The smallest absolute Gasteiger partial charge is 0.242 e. The van der Waals surface area contributed by atoms with E-state index in [4.69, 9.17) is 4.74 Å². The van der Waals surface area contributed by atoms with Crippen LogP contribution in [0.25, 0.3) is 0 Å². The van der Waals surface area contributed by atoms with Gasteiger partial charge in [0.25, 0.3) is 0 Å². The first-order valence-corrected chi connectivity index (χ1v) is 8.01. The zero-order chi connectivity index (χ0) is 12.8. The van der Waals surface area contributed by atoms with Crippen LogP contribution in [0.3, 0.4) is 0 Å². The molecule has 4 nitrogen and oxygen atoms in total. The summed E-state index contributed by atoms with van der Waals surface area (Å²) in [5.74, 6) is 1.46. The number of amides is 1. The number of nitrogens with one attached hydrogen (secondary N) is 1. The van der Waals surface area contributed by atoms with Crippen molar-refractivity contribution in [1.29, 1.82) is 0 Å². The molecule has 2 saturated heterocycles. The molecule has 2 unspecified atom stereocenters. The number of likely N-dealkylation sites (N-methyl/N-ethyl adjacent to an activating group) is 1. The van der Waals surface area contributed by atoms with Crippen LogP contribution < -0.4 is 5.32 Å². The summed E-state index contributed by atoms with van der Waals surface area (Å²) in [7, 11) is 1.83. The van der Waals surface area contributed by atoms with Crippen molar-refractivity contribution in [3.05, 3.63) is 0 Å². The second kappa shape index (κ2) is 7.36. The molecule has 2 fully saturated rings. The molecule has 0 spiro atoms. The van der Waals surface area contributed by atoms with Crippen LogP contribution >= 0.6 is 11.8 Å². The molecular weight excluding hydrogens is 248 g/mol. The zero-order valence-corrected chi connectivity index (χ0v) is 12.0. The maximum absolute atomic E-state index is 12.3. The third-order valence-electron chi connectivity index (χ3n) is 3.70. The maximum atomic E-state index is 12.3. The summed E-state index contributed by atoms with van der Waals surface area (Å²) >= 11 is 2.04. The molecule has 2 aliphatic heterocycles. The van der Waals surface area contributed by atoms with E-state index >= 15 is 0 Å². The van der Waals surface area contributed by atoms with Crippen molar-refractivity contribution in [1.82, 2.24) is 10.2 Å². The SMILES string of the molecule is CNC1COCCN(CC2CCCCCS2)C1=O. The van der Waals surface area contributed by atoms with Crippen LogP contribution in [0.15, 0.2) is 0 Å². The van der Waals surface area contributed by atoms with Gasteiger partial charge in [0.05, 0.1) is 13.2 Å². The van der Waals surface area contributed by atoms with E-state index < -0.39 is 0 Å². The van der Waals surface area contributed by atoms with Crippen LogP contribution in [-0.2, 0) is 9.53 Å². The van der Waals surface area contributed by atoms with Gasteiger partial charge in [0.15, 0.2) is 0 Å². The van der Waals surface area contributed by atoms with Gasteiger partial charge in [0.1, 0.15) is 6.04 Å². The van der Waals surface area contributed by atoms with Gasteiger partial charge in [-0.25, -0.2) is 0 Å². The fraction of sp³-hybridized carbons (Fsp3) is 0.923. The molecule has 2 aliphatic rings. The van der Waals surface area contributed by atoms with Crippen molar-refractivity contribution in [3.63, 3.8) is 0 Å². The number of thioether (sulfide) groups is 1. The lowest BCUT2D eigenvalue weighted by Crippen LogP contribution is -2.47. The molecule has 0 saturated carbocycles. The molecule has 1 N–H and O–H groups in total. The Morgan fingerprint density at radius 3 is 3.17 bits per heavy atom. The third kappa shape index (κ3) is 3.87. The van der Waals surface area contributed by atoms with E-state index in [1.54, 1.807) is 0 Å².